The number of aromatic amines is 1. The minimum absolute atomic E-state index is 0.198. The molecule has 0 saturated heterocycles. The molecule has 0 spiro atoms. The van der Waals surface area contributed by atoms with Crippen LogP contribution in [0.15, 0.2) is 12.5 Å². The maximum Gasteiger partial charge on any atom is 0.356 e. The Balaban J connectivity index is 2.35. The molecule has 0 fully saturated rings. The Bertz CT molecular complexity index is 365. The lowest BCUT2D eigenvalue weighted by Crippen LogP contribution is -2.27. The Morgan fingerprint density at radius 1 is 1.44 bits per heavy atom. The molecular weight excluding hydrogens is 212 g/mol. The molecule has 0 aliphatic carbocycles. The summed E-state index contributed by atoms with van der Waals surface area (Å²) in [5, 5.41) is 0. The molecule has 6 heteroatoms. The number of rotatable bonds is 3. The first-order valence-electron chi connectivity index (χ1n) is 4.76. The van der Waals surface area contributed by atoms with Crippen LogP contribution in [0.25, 0.3) is 0 Å². The van der Waals surface area contributed by atoms with Crippen LogP contribution in [0.2, 0.25) is 0 Å². The highest BCUT2D eigenvalue weighted by molar-refractivity contribution is 5.88. The third-order valence-corrected chi connectivity index (χ3v) is 1.46. The highest BCUT2D eigenvalue weighted by Crippen LogP contribution is 2.07. The number of hydrogen-bond acceptors (Lipinski definition) is 5. The van der Waals surface area contributed by atoms with Crippen LogP contribution < -0.4 is 0 Å². The molecule has 0 bridgehead atoms. The van der Waals surface area contributed by atoms with Gasteiger partial charge in [-0.25, -0.2) is 14.6 Å². The van der Waals surface area contributed by atoms with E-state index in [4.69, 9.17) is 9.47 Å². The van der Waals surface area contributed by atoms with Gasteiger partial charge in [-0.2, -0.15) is 0 Å². The van der Waals surface area contributed by atoms with E-state index in [1.807, 2.05) is 0 Å². The summed E-state index contributed by atoms with van der Waals surface area (Å²) in [4.78, 5) is 28.7. The Morgan fingerprint density at radius 2 is 2.12 bits per heavy atom. The van der Waals surface area contributed by atoms with E-state index < -0.39 is 24.1 Å². The van der Waals surface area contributed by atoms with Gasteiger partial charge in [0, 0.05) is 0 Å². The normalized spacial score (nSPS) is 10.9. The summed E-state index contributed by atoms with van der Waals surface area (Å²) >= 11 is 0. The van der Waals surface area contributed by atoms with Crippen molar-refractivity contribution in [3.63, 3.8) is 0 Å². The molecule has 88 valence electrons. The lowest BCUT2D eigenvalue weighted by Gasteiger charge is -2.19. The molecule has 0 radical (unpaired) electrons. The van der Waals surface area contributed by atoms with Crippen LogP contribution in [0.1, 0.15) is 31.3 Å². The maximum absolute atomic E-state index is 11.3. The van der Waals surface area contributed by atoms with Crippen molar-refractivity contribution in [2.24, 2.45) is 0 Å². The molecule has 6 nitrogen and oxygen atoms in total. The average Bonchev–Trinajstić information content (AvgIpc) is 2.64. The number of ether oxygens (including phenoxy) is 2. The number of carbonyl (C=O) groups is 2. The van der Waals surface area contributed by atoms with E-state index in [-0.39, 0.29) is 5.69 Å². The molecule has 0 atom stereocenters. The summed E-state index contributed by atoms with van der Waals surface area (Å²) in [5.74, 6) is -1.22. The minimum Gasteiger partial charge on any atom is -0.457 e. The second kappa shape index (κ2) is 4.78. The van der Waals surface area contributed by atoms with E-state index in [0.717, 1.165) is 0 Å². The van der Waals surface area contributed by atoms with Crippen molar-refractivity contribution in [2.45, 2.75) is 26.4 Å². The van der Waals surface area contributed by atoms with E-state index in [9.17, 15) is 9.59 Å². The Hall–Kier alpha value is -1.85. The van der Waals surface area contributed by atoms with Crippen molar-refractivity contribution in [3.05, 3.63) is 18.2 Å². The molecular formula is C10H14N2O4. The van der Waals surface area contributed by atoms with Gasteiger partial charge in [0.15, 0.2) is 6.61 Å². The summed E-state index contributed by atoms with van der Waals surface area (Å²) in [6.45, 7) is 4.81. The minimum atomic E-state index is -0.636. The van der Waals surface area contributed by atoms with Gasteiger partial charge in [0.1, 0.15) is 11.3 Å². The van der Waals surface area contributed by atoms with Crippen LogP contribution in [0.3, 0.4) is 0 Å². The molecule has 1 N–H and O–H groups in total. The summed E-state index contributed by atoms with van der Waals surface area (Å²) < 4.78 is 9.67. The molecule has 16 heavy (non-hydrogen) atoms. The van der Waals surface area contributed by atoms with Gasteiger partial charge in [-0.05, 0) is 20.8 Å². The van der Waals surface area contributed by atoms with Gasteiger partial charge >= 0.3 is 11.9 Å². The monoisotopic (exact) mass is 226 g/mol. The van der Waals surface area contributed by atoms with E-state index in [0.29, 0.717) is 0 Å². The van der Waals surface area contributed by atoms with Gasteiger partial charge in [-0.1, -0.05) is 0 Å². The Kier molecular flexibility index (Phi) is 3.65. The number of nitrogens with one attached hydrogen (secondary N) is 1. The van der Waals surface area contributed by atoms with Crippen LogP contribution in [0.5, 0.6) is 0 Å². The summed E-state index contributed by atoms with van der Waals surface area (Å²) in [6, 6.07) is 0. The predicted molar refractivity (Wildman–Crippen MR) is 54.7 cm³/mol. The number of esters is 2. The van der Waals surface area contributed by atoms with Crippen LogP contribution in [-0.4, -0.2) is 34.1 Å². The quantitative estimate of drug-likeness (QED) is 0.774. The Labute approximate surface area is 93.0 Å². The fraction of sp³-hybridized carbons (Fsp3) is 0.500. The predicted octanol–water partition coefficient (Wildman–Crippen LogP) is 0.908. The zero-order valence-corrected chi connectivity index (χ0v) is 9.44. The van der Waals surface area contributed by atoms with E-state index >= 15 is 0 Å². The van der Waals surface area contributed by atoms with Crippen LogP contribution in [-0.2, 0) is 14.3 Å². The first-order chi connectivity index (χ1) is 7.38. The van der Waals surface area contributed by atoms with E-state index in [2.05, 4.69) is 9.97 Å². The lowest BCUT2D eigenvalue weighted by molar-refractivity contribution is -0.158. The van der Waals surface area contributed by atoms with Gasteiger partial charge in [-0.3, -0.25) is 0 Å². The molecule has 1 aromatic rings. The Morgan fingerprint density at radius 3 is 2.62 bits per heavy atom. The van der Waals surface area contributed by atoms with Gasteiger partial charge in [0.25, 0.3) is 0 Å². The third kappa shape index (κ3) is 4.12. The fourth-order valence-corrected chi connectivity index (χ4v) is 0.941. The van der Waals surface area contributed by atoms with E-state index in [1.165, 1.54) is 12.5 Å². The van der Waals surface area contributed by atoms with Crippen LogP contribution in [0.4, 0.5) is 0 Å². The van der Waals surface area contributed by atoms with Gasteiger partial charge in [-0.15, -0.1) is 0 Å². The van der Waals surface area contributed by atoms with Crippen molar-refractivity contribution in [3.8, 4) is 0 Å². The highest BCUT2D eigenvalue weighted by Gasteiger charge is 2.18. The zero-order chi connectivity index (χ0) is 12.2. The van der Waals surface area contributed by atoms with Crippen molar-refractivity contribution in [1.29, 1.82) is 0 Å². The summed E-state index contributed by atoms with van der Waals surface area (Å²) in [7, 11) is 0. The number of carbonyl (C=O) groups excluding carboxylic acids is 2. The molecule has 0 aliphatic rings. The summed E-state index contributed by atoms with van der Waals surface area (Å²) in [5.41, 5.74) is -0.388. The topological polar surface area (TPSA) is 81.3 Å². The van der Waals surface area contributed by atoms with Crippen LogP contribution >= 0.6 is 0 Å². The molecule has 0 unspecified atom stereocenters. The van der Waals surface area contributed by atoms with E-state index in [1.54, 1.807) is 20.8 Å². The highest BCUT2D eigenvalue weighted by atomic mass is 16.6. The molecule has 0 aliphatic heterocycles. The average molecular weight is 226 g/mol. The fourth-order valence-electron chi connectivity index (χ4n) is 0.941. The van der Waals surface area contributed by atoms with Crippen molar-refractivity contribution >= 4 is 11.9 Å². The van der Waals surface area contributed by atoms with Crippen molar-refractivity contribution in [2.75, 3.05) is 6.61 Å². The molecule has 1 heterocycles. The SMILES string of the molecule is CC(C)(C)OC(=O)COC(=O)c1cnc[nH]1. The first-order valence-corrected chi connectivity index (χ1v) is 4.76. The van der Waals surface area contributed by atoms with Gasteiger partial charge in [0.05, 0.1) is 12.5 Å². The zero-order valence-electron chi connectivity index (χ0n) is 9.44. The number of hydrogen-bond donors (Lipinski definition) is 1. The number of aromatic nitrogens is 2. The first kappa shape index (κ1) is 12.2. The maximum atomic E-state index is 11.3. The summed E-state index contributed by atoms with van der Waals surface area (Å²) in [6.07, 6.45) is 2.67. The molecule has 0 saturated carbocycles. The molecule has 0 amide bonds. The van der Waals surface area contributed by atoms with Crippen LogP contribution in [0, 0.1) is 0 Å². The van der Waals surface area contributed by atoms with Gasteiger partial charge < -0.3 is 14.5 Å². The number of imidazole rings is 1. The molecule has 0 aromatic carbocycles. The second-order valence-electron chi connectivity index (χ2n) is 4.13. The van der Waals surface area contributed by atoms with Crippen molar-refractivity contribution in [1.82, 2.24) is 9.97 Å². The third-order valence-electron chi connectivity index (χ3n) is 1.46. The van der Waals surface area contributed by atoms with Gasteiger partial charge in [0.2, 0.25) is 0 Å². The standard InChI is InChI=1S/C10H14N2O4/c1-10(2,3)16-8(13)5-15-9(14)7-4-11-6-12-7/h4,6H,5H2,1-3H3,(H,11,12). The number of H-pyrrole nitrogens is 1. The molecule has 1 aromatic heterocycles. The largest absolute Gasteiger partial charge is 0.457 e. The number of nitrogens with zero attached hydrogens (tertiary/aromatic N) is 1. The second-order valence-corrected chi connectivity index (χ2v) is 4.13. The smallest absolute Gasteiger partial charge is 0.356 e. The lowest BCUT2D eigenvalue weighted by atomic mass is 10.2. The molecule has 1 rings (SSSR count). The van der Waals surface area contributed by atoms with Crippen molar-refractivity contribution < 1.29 is 19.1 Å².